The standard InChI is InChI=1S/C52H35NO/c1-52(46-23-11-9-19-41(46)42-20-10-12-24-47(42)52)48-25-13-22-45-44-31-30-38(33-50(44)54-51(45)48)53(37-28-26-35(27-29-37)34-14-3-2-4-15-34)49-32-36-16-5-6-17-39(36)40-18-7-8-21-43(40)49/h2-33H,1H3. The summed E-state index contributed by atoms with van der Waals surface area (Å²) in [5, 5.41) is 7.13. The minimum atomic E-state index is -0.361. The Bertz CT molecular complexity index is 3020. The van der Waals surface area contributed by atoms with Crippen molar-refractivity contribution in [1.82, 2.24) is 0 Å². The molecule has 0 fully saturated rings. The zero-order chi connectivity index (χ0) is 35.8. The quantitative estimate of drug-likeness (QED) is 0.167. The summed E-state index contributed by atoms with van der Waals surface area (Å²) in [6.07, 6.45) is 0. The maximum Gasteiger partial charge on any atom is 0.139 e. The smallest absolute Gasteiger partial charge is 0.139 e. The van der Waals surface area contributed by atoms with Crippen LogP contribution in [0.4, 0.5) is 17.1 Å². The molecule has 0 N–H and O–H groups in total. The third-order valence-electron chi connectivity index (χ3n) is 11.7. The lowest BCUT2D eigenvalue weighted by Crippen LogP contribution is -2.22. The normalized spacial score (nSPS) is 13.1. The molecule has 1 aromatic heterocycles. The number of rotatable bonds is 5. The molecule has 0 radical (unpaired) electrons. The Kier molecular flexibility index (Phi) is 6.72. The van der Waals surface area contributed by atoms with Crippen LogP contribution in [0.15, 0.2) is 199 Å². The molecular formula is C52H35NO. The third kappa shape index (κ3) is 4.47. The topological polar surface area (TPSA) is 16.4 Å². The third-order valence-corrected chi connectivity index (χ3v) is 11.7. The van der Waals surface area contributed by atoms with Crippen LogP contribution in [0.25, 0.3) is 65.7 Å². The van der Waals surface area contributed by atoms with Gasteiger partial charge in [-0.25, -0.2) is 0 Å². The molecular weight excluding hydrogens is 655 g/mol. The number of furan rings is 1. The van der Waals surface area contributed by atoms with E-state index in [1.165, 1.54) is 60.5 Å². The lowest BCUT2D eigenvalue weighted by atomic mass is 9.74. The van der Waals surface area contributed by atoms with Crippen LogP contribution in [-0.2, 0) is 5.41 Å². The summed E-state index contributed by atoms with van der Waals surface area (Å²) in [5.74, 6) is 0. The highest BCUT2D eigenvalue weighted by Crippen LogP contribution is 2.54. The van der Waals surface area contributed by atoms with Gasteiger partial charge in [0.15, 0.2) is 0 Å². The Morgan fingerprint density at radius 2 is 0.981 bits per heavy atom. The first-order valence-electron chi connectivity index (χ1n) is 18.7. The highest BCUT2D eigenvalue weighted by molar-refractivity contribution is 6.15. The van der Waals surface area contributed by atoms with Gasteiger partial charge in [-0.05, 0) is 86.8 Å². The van der Waals surface area contributed by atoms with Gasteiger partial charge in [0.25, 0.3) is 0 Å². The molecule has 54 heavy (non-hydrogen) atoms. The van der Waals surface area contributed by atoms with E-state index in [0.717, 1.165) is 39.0 Å². The van der Waals surface area contributed by atoms with E-state index >= 15 is 0 Å². The second-order valence-corrected chi connectivity index (χ2v) is 14.6. The largest absolute Gasteiger partial charge is 0.456 e. The van der Waals surface area contributed by atoms with Gasteiger partial charge in [0.05, 0.1) is 5.69 Å². The van der Waals surface area contributed by atoms with Crippen LogP contribution in [0.1, 0.15) is 23.6 Å². The van der Waals surface area contributed by atoms with Crippen molar-refractivity contribution < 1.29 is 4.42 Å². The van der Waals surface area contributed by atoms with Crippen LogP contribution in [-0.4, -0.2) is 0 Å². The number of anilines is 3. The van der Waals surface area contributed by atoms with Crippen LogP contribution >= 0.6 is 0 Å². The number of nitrogens with zero attached hydrogens (tertiary/aromatic N) is 1. The fourth-order valence-corrected chi connectivity index (χ4v) is 9.14. The van der Waals surface area contributed by atoms with Crippen LogP contribution in [0.3, 0.4) is 0 Å². The van der Waals surface area contributed by atoms with Crippen molar-refractivity contribution in [1.29, 1.82) is 0 Å². The fourth-order valence-electron chi connectivity index (χ4n) is 9.14. The average Bonchev–Trinajstić information content (AvgIpc) is 3.74. The molecule has 2 heteroatoms. The van der Waals surface area contributed by atoms with Crippen LogP contribution in [0.5, 0.6) is 0 Å². The van der Waals surface area contributed by atoms with Crippen LogP contribution in [0, 0.1) is 0 Å². The summed E-state index contributed by atoms with van der Waals surface area (Å²) in [4.78, 5) is 2.39. The van der Waals surface area contributed by atoms with E-state index in [4.69, 9.17) is 4.42 Å². The highest BCUT2D eigenvalue weighted by atomic mass is 16.3. The first-order valence-corrected chi connectivity index (χ1v) is 18.7. The van der Waals surface area contributed by atoms with Crippen molar-refractivity contribution in [2.75, 3.05) is 4.90 Å². The number of para-hydroxylation sites is 1. The minimum Gasteiger partial charge on any atom is -0.456 e. The van der Waals surface area contributed by atoms with Gasteiger partial charge in [-0.3, -0.25) is 0 Å². The van der Waals surface area contributed by atoms with Crippen molar-refractivity contribution in [3.05, 3.63) is 211 Å². The molecule has 0 saturated carbocycles. The van der Waals surface area contributed by atoms with Gasteiger partial charge in [0.2, 0.25) is 0 Å². The van der Waals surface area contributed by atoms with E-state index in [1.807, 2.05) is 0 Å². The molecule has 10 aromatic rings. The van der Waals surface area contributed by atoms with Crippen molar-refractivity contribution in [3.8, 4) is 22.3 Å². The second kappa shape index (κ2) is 11.8. The maximum atomic E-state index is 7.06. The minimum absolute atomic E-state index is 0.361. The monoisotopic (exact) mass is 689 g/mol. The predicted octanol–water partition coefficient (Wildman–Crippen LogP) is 14.4. The van der Waals surface area contributed by atoms with Gasteiger partial charge in [-0.2, -0.15) is 0 Å². The van der Waals surface area contributed by atoms with E-state index < -0.39 is 0 Å². The van der Waals surface area contributed by atoms with E-state index in [1.54, 1.807) is 0 Å². The Labute approximate surface area is 314 Å². The molecule has 2 nitrogen and oxygen atoms in total. The Morgan fingerprint density at radius 1 is 0.407 bits per heavy atom. The second-order valence-electron chi connectivity index (χ2n) is 14.6. The fraction of sp³-hybridized carbons (Fsp3) is 0.0385. The maximum absolute atomic E-state index is 7.06. The molecule has 254 valence electrons. The number of fused-ring (bicyclic) bond motifs is 9. The van der Waals surface area contributed by atoms with E-state index in [9.17, 15) is 0 Å². The predicted molar refractivity (Wildman–Crippen MR) is 226 cm³/mol. The molecule has 0 atom stereocenters. The van der Waals surface area contributed by atoms with Gasteiger partial charge in [-0.1, -0.05) is 158 Å². The van der Waals surface area contributed by atoms with E-state index in [2.05, 4.69) is 206 Å². The zero-order valence-electron chi connectivity index (χ0n) is 29.8. The summed E-state index contributed by atoms with van der Waals surface area (Å²) in [6, 6.07) is 70.3. The van der Waals surface area contributed by atoms with E-state index in [0.29, 0.717) is 0 Å². The highest BCUT2D eigenvalue weighted by Gasteiger charge is 2.42. The van der Waals surface area contributed by atoms with Gasteiger partial charge >= 0.3 is 0 Å². The Hall–Kier alpha value is -6.90. The molecule has 0 amide bonds. The molecule has 1 heterocycles. The molecule has 0 bridgehead atoms. The first kappa shape index (κ1) is 30.7. The lowest BCUT2D eigenvalue weighted by molar-refractivity contribution is 0.638. The molecule has 0 saturated heterocycles. The summed E-state index contributed by atoms with van der Waals surface area (Å²) >= 11 is 0. The molecule has 0 spiro atoms. The SMILES string of the molecule is CC1(c2cccc3c2oc2cc(N(c4ccc(-c5ccccc5)cc4)c4cc5ccccc5c5ccccc45)ccc23)c2ccccc2-c2ccccc21. The average molecular weight is 690 g/mol. The summed E-state index contributed by atoms with van der Waals surface area (Å²) in [7, 11) is 0. The zero-order valence-corrected chi connectivity index (χ0v) is 29.8. The van der Waals surface area contributed by atoms with Crippen molar-refractivity contribution in [2.24, 2.45) is 0 Å². The Balaban J connectivity index is 1.13. The van der Waals surface area contributed by atoms with Crippen LogP contribution in [0.2, 0.25) is 0 Å². The molecule has 0 aliphatic heterocycles. The summed E-state index contributed by atoms with van der Waals surface area (Å²) in [6.45, 7) is 2.36. The molecule has 1 aliphatic rings. The molecule has 1 aliphatic carbocycles. The first-order chi connectivity index (χ1) is 26.7. The molecule has 11 rings (SSSR count). The van der Waals surface area contributed by atoms with Crippen molar-refractivity contribution >= 4 is 60.5 Å². The van der Waals surface area contributed by atoms with Gasteiger partial charge in [-0.15, -0.1) is 0 Å². The summed E-state index contributed by atoms with van der Waals surface area (Å²) in [5.41, 5.74) is 13.5. The molecule has 9 aromatic carbocycles. The Morgan fingerprint density at radius 3 is 1.74 bits per heavy atom. The van der Waals surface area contributed by atoms with Gasteiger partial charge in [0, 0.05) is 44.6 Å². The van der Waals surface area contributed by atoms with Gasteiger partial charge in [0.1, 0.15) is 11.2 Å². The van der Waals surface area contributed by atoms with Gasteiger partial charge < -0.3 is 9.32 Å². The van der Waals surface area contributed by atoms with E-state index in [-0.39, 0.29) is 5.41 Å². The van der Waals surface area contributed by atoms with Crippen LogP contribution < -0.4 is 4.90 Å². The number of hydrogen-bond donors (Lipinski definition) is 0. The lowest BCUT2D eigenvalue weighted by Gasteiger charge is -2.28. The molecule has 0 unspecified atom stereocenters. The van der Waals surface area contributed by atoms with Crippen molar-refractivity contribution in [3.63, 3.8) is 0 Å². The number of hydrogen-bond acceptors (Lipinski definition) is 2. The van der Waals surface area contributed by atoms with Crippen molar-refractivity contribution in [2.45, 2.75) is 12.3 Å². The summed E-state index contributed by atoms with van der Waals surface area (Å²) < 4.78 is 7.06. The number of benzene rings is 9.